The molecule has 1 aromatic rings. The SMILES string of the molecule is CN1CCC(N2CCC[C@H](NC(=O)Nc3ccc(Cl)nc3)C2)CC1. The molecular weight excluding hydrogens is 326 g/mol. The highest BCUT2D eigenvalue weighted by atomic mass is 35.5. The number of piperidine rings is 2. The first-order valence-corrected chi connectivity index (χ1v) is 9.09. The van der Waals surface area contributed by atoms with Crippen LogP contribution in [0.3, 0.4) is 0 Å². The van der Waals surface area contributed by atoms with Gasteiger partial charge in [0.2, 0.25) is 0 Å². The monoisotopic (exact) mass is 351 g/mol. The van der Waals surface area contributed by atoms with Crippen LogP contribution in [0.2, 0.25) is 5.15 Å². The highest BCUT2D eigenvalue weighted by Crippen LogP contribution is 2.20. The second-order valence-corrected chi connectivity index (χ2v) is 7.22. The van der Waals surface area contributed by atoms with Gasteiger partial charge in [0.1, 0.15) is 5.15 Å². The molecule has 0 aliphatic carbocycles. The smallest absolute Gasteiger partial charge is 0.319 e. The minimum atomic E-state index is -0.172. The van der Waals surface area contributed by atoms with Crippen LogP contribution in [0, 0.1) is 0 Å². The number of carbonyl (C=O) groups excluding carboxylic acids is 1. The van der Waals surface area contributed by atoms with Crippen LogP contribution in [-0.2, 0) is 0 Å². The Kier molecular flexibility index (Phi) is 5.92. The molecule has 24 heavy (non-hydrogen) atoms. The number of hydrogen-bond donors (Lipinski definition) is 2. The Bertz CT molecular complexity index is 544. The number of urea groups is 1. The maximum absolute atomic E-state index is 12.2. The van der Waals surface area contributed by atoms with Gasteiger partial charge in [0.05, 0.1) is 11.9 Å². The number of nitrogens with zero attached hydrogens (tertiary/aromatic N) is 3. The summed E-state index contributed by atoms with van der Waals surface area (Å²) in [5.41, 5.74) is 0.653. The summed E-state index contributed by atoms with van der Waals surface area (Å²) >= 11 is 5.75. The summed E-state index contributed by atoms with van der Waals surface area (Å²) in [6.45, 7) is 4.43. The number of amides is 2. The summed E-state index contributed by atoms with van der Waals surface area (Å²) in [5.74, 6) is 0. The number of pyridine rings is 1. The predicted molar refractivity (Wildman–Crippen MR) is 96.5 cm³/mol. The Balaban J connectivity index is 1.47. The summed E-state index contributed by atoms with van der Waals surface area (Å²) < 4.78 is 0. The van der Waals surface area contributed by atoms with Crippen LogP contribution >= 0.6 is 11.6 Å². The largest absolute Gasteiger partial charge is 0.334 e. The van der Waals surface area contributed by atoms with Crippen molar-refractivity contribution in [2.75, 3.05) is 38.5 Å². The number of aromatic nitrogens is 1. The molecule has 3 rings (SSSR count). The molecule has 0 unspecified atom stereocenters. The van der Waals surface area contributed by atoms with E-state index >= 15 is 0 Å². The lowest BCUT2D eigenvalue weighted by Gasteiger charge is -2.41. The number of halogens is 1. The molecule has 2 fully saturated rings. The minimum absolute atomic E-state index is 0.172. The minimum Gasteiger partial charge on any atom is -0.334 e. The van der Waals surface area contributed by atoms with Crippen molar-refractivity contribution in [3.8, 4) is 0 Å². The highest BCUT2D eigenvalue weighted by Gasteiger charge is 2.28. The van der Waals surface area contributed by atoms with Crippen LogP contribution in [0.5, 0.6) is 0 Å². The van der Waals surface area contributed by atoms with E-state index in [4.69, 9.17) is 11.6 Å². The van der Waals surface area contributed by atoms with Crippen LogP contribution in [0.1, 0.15) is 25.7 Å². The van der Waals surface area contributed by atoms with Gasteiger partial charge in [0, 0.05) is 18.6 Å². The number of nitrogens with one attached hydrogen (secondary N) is 2. The molecule has 6 nitrogen and oxygen atoms in total. The third kappa shape index (κ3) is 4.82. The number of likely N-dealkylation sites (tertiary alicyclic amines) is 2. The molecule has 2 aliphatic rings. The first-order valence-electron chi connectivity index (χ1n) is 8.72. The molecule has 2 amide bonds. The number of hydrogen-bond acceptors (Lipinski definition) is 4. The van der Waals surface area contributed by atoms with Crippen LogP contribution < -0.4 is 10.6 Å². The molecule has 0 saturated carbocycles. The summed E-state index contributed by atoms with van der Waals surface area (Å²) in [6, 6.07) is 4.11. The van der Waals surface area contributed by atoms with Crippen molar-refractivity contribution in [2.45, 2.75) is 37.8 Å². The van der Waals surface area contributed by atoms with Gasteiger partial charge in [-0.1, -0.05) is 11.6 Å². The maximum atomic E-state index is 12.2. The van der Waals surface area contributed by atoms with E-state index in [1.54, 1.807) is 18.3 Å². The molecule has 0 bridgehead atoms. The second-order valence-electron chi connectivity index (χ2n) is 6.84. The molecule has 2 aliphatic heterocycles. The van der Waals surface area contributed by atoms with E-state index in [9.17, 15) is 4.79 Å². The Hall–Kier alpha value is -1.37. The van der Waals surface area contributed by atoms with Gasteiger partial charge in [-0.25, -0.2) is 9.78 Å². The number of anilines is 1. The molecule has 0 aromatic carbocycles. The van der Waals surface area contributed by atoms with E-state index in [1.165, 1.54) is 25.9 Å². The normalized spacial score (nSPS) is 23.8. The average molecular weight is 352 g/mol. The van der Waals surface area contributed by atoms with E-state index in [-0.39, 0.29) is 12.1 Å². The standard InChI is InChI=1S/C17H26ClN5O/c1-22-9-6-15(7-10-22)23-8-2-3-14(12-23)21-17(24)20-13-4-5-16(18)19-11-13/h4-5,11,14-15H,2-3,6-10,12H2,1H3,(H2,20,21,24)/t14-/m0/s1. The van der Waals surface area contributed by atoms with Crippen molar-refractivity contribution in [3.63, 3.8) is 0 Å². The fourth-order valence-corrected chi connectivity index (χ4v) is 3.73. The molecule has 1 atom stereocenters. The zero-order chi connectivity index (χ0) is 16.9. The predicted octanol–water partition coefficient (Wildman–Crippen LogP) is 2.42. The van der Waals surface area contributed by atoms with Gasteiger partial charge in [-0.05, 0) is 64.5 Å². The fraction of sp³-hybridized carbons (Fsp3) is 0.647. The summed E-state index contributed by atoms with van der Waals surface area (Å²) in [7, 11) is 2.19. The van der Waals surface area contributed by atoms with E-state index in [1.807, 2.05) is 0 Å². The summed E-state index contributed by atoms with van der Waals surface area (Å²) in [6.07, 6.45) is 6.19. The van der Waals surface area contributed by atoms with Crippen LogP contribution in [0.25, 0.3) is 0 Å². The fourth-order valence-electron chi connectivity index (χ4n) is 3.62. The van der Waals surface area contributed by atoms with Crippen molar-refractivity contribution >= 4 is 23.3 Å². The van der Waals surface area contributed by atoms with Crippen LogP contribution in [0.15, 0.2) is 18.3 Å². The van der Waals surface area contributed by atoms with E-state index in [0.29, 0.717) is 16.9 Å². The second kappa shape index (κ2) is 8.14. The maximum Gasteiger partial charge on any atom is 0.319 e. The van der Waals surface area contributed by atoms with Gasteiger partial charge in [-0.15, -0.1) is 0 Å². The molecule has 7 heteroatoms. The molecule has 0 spiro atoms. The third-order valence-electron chi connectivity index (χ3n) is 4.98. The molecule has 132 valence electrons. The quantitative estimate of drug-likeness (QED) is 0.821. The van der Waals surface area contributed by atoms with Gasteiger partial charge in [0.15, 0.2) is 0 Å². The molecule has 2 N–H and O–H groups in total. The van der Waals surface area contributed by atoms with E-state index in [2.05, 4.69) is 32.5 Å². The Morgan fingerprint density at radius 2 is 2.04 bits per heavy atom. The lowest BCUT2D eigenvalue weighted by Crippen LogP contribution is -2.53. The first-order chi connectivity index (χ1) is 11.6. The van der Waals surface area contributed by atoms with Crippen molar-refractivity contribution in [3.05, 3.63) is 23.5 Å². The zero-order valence-electron chi connectivity index (χ0n) is 14.2. The van der Waals surface area contributed by atoms with Gasteiger partial charge in [0.25, 0.3) is 0 Å². The van der Waals surface area contributed by atoms with Crippen LogP contribution in [0.4, 0.5) is 10.5 Å². The summed E-state index contributed by atoms with van der Waals surface area (Å²) in [4.78, 5) is 21.1. The van der Waals surface area contributed by atoms with Gasteiger partial charge < -0.3 is 15.5 Å². The molecule has 3 heterocycles. The van der Waals surface area contributed by atoms with Crippen molar-refractivity contribution in [2.24, 2.45) is 0 Å². The average Bonchev–Trinajstić information content (AvgIpc) is 2.58. The Morgan fingerprint density at radius 1 is 1.25 bits per heavy atom. The van der Waals surface area contributed by atoms with Gasteiger partial charge in [-0.3, -0.25) is 4.90 Å². The van der Waals surface area contributed by atoms with Crippen molar-refractivity contribution < 1.29 is 4.79 Å². The highest BCUT2D eigenvalue weighted by molar-refractivity contribution is 6.29. The molecular formula is C17H26ClN5O. The van der Waals surface area contributed by atoms with Crippen molar-refractivity contribution in [1.82, 2.24) is 20.1 Å². The number of rotatable bonds is 3. The molecule has 1 aromatic heterocycles. The lowest BCUT2D eigenvalue weighted by atomic mass is 9.98. The summed E-state index contributed by atoms with van der Waals surface area (Å²) in [5, 5.41) is 6.34. The zero-order valence-corrected chi connectivity index (χ0v) is 14.9. The van der Waals surface area contributed by atoms with Crippen molar-refractivity contribution in [1.29, 1.82) is 0 Å². The first kappa shape index (κ1) is 17.5. The number of carbonyl (C=O) groups is 1. The van der Waals surface area contributed by atoms with Crippen LogP contribution in [-0.4, -0.2) is 66.1 Å². The molecule has 0 radical (unpaired) electrons. The Labute approximate surface area is 148 Å². The van der Waals surface area contributed by atoms with E-state index in [0.717, 1.165) is 25.9 Å². The molecule has 2 saturated heterocycles. The lowest BCUT2D eigenvalue weighted by molar-refractivity contribution is 0.0900. The topological polar surface area (TPSA) is 60.5 Å². The van der Waals surface area contributed by atoms with Gasteiger partial charge in [-0.2, -0.15) is 0 Å². The third-order valence-corrected chi connectivity index (χ3v) is 5.20. The van der Waals surface area contributed by atoms with E-state index < -0.39 is 0 Å². The van der Waals surface area contributed by atoms with Gasteiger partial charge >= 0.3 is 6.03 Å². The Morgan fingerprint density at radius 3 is 2.75 bits per heavy atom.